The van der Waals surface area contributed by atoms with Crippen molar-refractivity contribution in [1.82, 2.24) is 0 Å². The Morgan fingerprint density at radius 2 is 1.96 bits per heavy atom. The second-order valence-electron chi connectivity index (χ2n) is 4.71. The lowest BCUT2D eigenvalue weighted by molar-refractivity contribution is 0.104. The highest BCUT2D eigenvalue weighted by Gasteiger charge is 2.16. The second kappa shape index (κ2) is 6.83. The molecule has 1 heterocycles. The maximum Gasteiger partial charge on any atom is 0.351 e. The minimum Gasteiger partial charge on any atom is -0.507 e. The molecule has 0 aliphatic carbocycles. The summed E-state index contributed by atoms with van der Waals surface area (Å²) in [5, 5.41) is 9.75. The van der Waals surface area contributed by atoms with Crippen molar-refractivity contribution in [3.8, 4) is 17.2 Å². The number of ether oxygens (including phenoxy) is 2. The number of aromatic hydroxyl groups is 1. The van der Waals surface area contributed by atoms with Crippen molar-refractivity contribution in [3.63, 3.8) is 0 Å². The highest BCUT2D eigenvalue weighted by molar-refractivity contribution is 6.08. The molecule has 0 spiro atoms. The van der Waals surface area contributed by atoms with Crippen molar-refractivity contribution >= 4 is 11.9 Å². The van der Waals surface area contributed by atoms with Gasteiger partial charge in [0.25, 0.3) is 0 Å². The first-order chi connectivity index (χ1) is 11.0. The fourth-order valence-electron chi connectivity index (χ4n) is 2.03. The van der Waals surface area contributed by atoms with Crippen LogP contribution in [0.2, 0.25) is 0 Å². The maximum atomic E-state index is 12.1. The first-order valence-corrected chi connectivity index (χ1v) is 6.74. The van der Waals surface area contributed by atoms with Crippen LogP contribution in [0.3, 0.4) is 0 Å². The zero-order chi connectivity index (χ0) is 17.0. The smallest absolute Gasteiger partial charge is 0.351 e. The standard InChI is InChI=1S/C17H16O6/c1-10-8-14(19)16(17(20)23-10)13(18)7-5-11-4-6-12(21-2)9-15(11)22-3/h4-9,19H,1-3H3/b7-5+. The predicted molar refractivity (Wildman–Crippen MR) is 84.3 cm³/mol. The van der Waals surface area contributed by atoms with Gasteiger partial charge in [0.15, 0.2) is 5.78 Å². The molecule has 0 bridgehead atoms. The van der Waals surface area contributed by atoms with E-state index in [0.717, 1.165) is 0 Å². The molecule has 1 N–H and O–H groups in total. The number of carbonyl (C=O) groups excluding carboxylic acids is 1. The number of rotatable bonds is 5. The van der Waals surface area contributed by atoms with Crippen LogP contribution in [0.1, 0.15) is 21.7 Å². The van der Waals surface area contributed by atoms with E-state index in [0.29, 0.717) is 17.1 Å². The fraction of sp³-hybridized carbons (Fsp3) is 0.176. The van der Waals surface area contributed by atoms with Crippen LogP contribution >= 0.6 is 0 Å². The monoisotopic (exact) mass is 316 g/mol. The maximum absolute atomic E-state index is 12.1. The lowest BCUT2D eigenvalue weighted by Gasteiger charge is -2.07. The van der Waals surface area contributed by atoms with E-state index < -0.39 is 22.7 Å². The summed E-state index contributed by atoms with van der Waals surface area (Å²) in [6, 6.07) is 6.31. The lowest BCUT2D eigenvalue weighted by atomic mass is 10.1. The summed E-state index contributed by atoms with van der Waals surface area (Å²) in [7, 11) is 3.03. The van der Waals surface area contributed by atoms with Gasteiger partial charge in [0, 0.05) is 17.7 Å². The van der Waals surface area contributed by atoms with Gasteiger partial charge in [0.1, 0.15) is 28.6 Å². The number of hydrogen-bond donors (Lipinski definition) is 1. The largest absolute Gasteiger partial charge is 0.507 e. The minimum atomic E-state index is -0.876. The Labute approximate surface area is 132 Å². The zero-order valence-corrected chi connectivity index (χ0v) is 13.0. The Morgan fingerprint density at radius 1 is 1.22 bits per heavy atom. The van der Waals surface area contributed by atoms with Crippen LogP contribution in [-0.4, -0.2) is 25.1 Å². The number of ketones is 1. The van der Waals surface area contributed by atoms with Gasteiger partial charge in [0.2, 0.25) is 0 Å². The molecule has 0 saturated heterocycles. The molecule has 1 aromatic carbocycles. The van der Waals surface area contributed by atoms with E-state index in [1.807, 2.05) is 0 Å². The van der Waals surface area contributed by atoms with Gasteiger partial charge in [-0.3, -0.25) is 4.79 Å². The predicted octanol–water partition coefficient (Wildman–Crippen LogP) is 2.57. The van der Waals surface area contributed by atoms with Crippen LogP contribution in [0.15, 0.2) is 39.6 Å². The number of carbonyl (C=O) groups is 1. The molecule has 0 unspecified atom stereocenters. The molecule has 23 heavy (non-hydrogen) atoms. The summed E-state index contributed by atoms with van der Waals surface area (Å²) in [6.45, 7) is 1.51. The van der Waals surface area contributed by atoms with Crippen molar-refractivity contribution in [2.24, 2.45) is 0 Å². The van der Waals surface area contributed by atoms with Gasteiger partial charge in [-0.2, -0.15) is 0 Å². The molecule has 2 aromatic rings. The van der Waals surface area contributed by atoms with E-state index in [2.05, 4.69) is 0 Å². The molecular weight excluding hydrogens is 300 g/mol. The van der Waals surface area contributed by atoms with Crippen LogP contribution in [0.25, 0.3) is 6.08 Å². The number of benzene rings is 1. The van der Waals surface area contributed by atoms with E-state index in [-0.39, 0.29) is 5.76 Å². The van der Waals surface area contributed by atoms with Crippen molar-refractivity contribution < 1.29 is 23.8 Å². The average molecular weight is 316 g/mol. The first-order valence-electron chi connectivity index (χ1n) is 6.74. The van der Waals surface area contributed by atoms with Crippen LogP contribution in [0, 0.1) is 6.92 Å². The van der Waals surface area contributed by atoms with Crippen LogP contribution in [0.4, 0.5) is 0 Å². The quantitative estimate of drug-likeness (QED) is 0.674. The van der Waals surface area contributed by atoms with Gasteiger partial charge < -0.3 is 19.0 Å². The zero-order valence-electron chi connectivity index (χ0n) is 13.0. The van der Waals surface area contributed by atoms with Crippen molar-refractivity contribution in [3.05, 3.63) is 57.6 Å². The van der Waals surface area contributed by atoms with Crippen molar-refractivity contribution in [2.45, 2.75) is 6.92 Å². The van der Waals surface area contributed by atoms with Gasteiger partial charge in [-0.1, -0.05) is 0 Å². The van der Waals surface area contributed by atoms with Crippen molar-refractivity contribution in [2.75, 3.05) is 14.2 Å². The van der Waals surface area contributed by atoms with E-state index in [1.54, 1.807) is 18.2 Å². The molecule has 0 aliphatic rings. The molecule has 0 saturated carbocycles. The molecule has 0 fully saturated rings. The van der Waals surface area contributed by atoms with E-state index in [9.17, 15) is 14.7 Å². The summed E-state index contributed by atoms with van der Waals surface area (Å²) in [5.74, 6) is 0.282. The van der Waals surface area contributed by atoms with Crippen LogP contribution in [0.5, 0.6) is 17.2 Å². The summed E-state index contributed by atoms with van der Waals surface area (Å²) in [6.07, 6.45) is 2.66. The van der Waals surface area contributed by atoms with E-state index in [1.165, 1.54) is 39.4 Å². The summed E-state index contributed by atoms with van der Waals surface area (Å²) < 4.78 is 15.1. The Balaban J connectivity index is 2.34. The van der Waals surface area contributed by atoms with E-state index in [4.69, 9.17) is 13.9 Å². The number of allylic oxidation sites excluding steroid dienone is 1. The Hall–Kier alpha value is -3.02. The minimum absolute atomic E-state index is 0.227. The molecule has 6 nitrogen and oxygen atoms in total. The van der Waals surface area contributed by atoms with Crippen molar-refractivity contribution in [1.29, 1.82) is 0 Å². The van der Waals surface area contributed by atoms with Gasteiger partial charge in [0.05, 0.1) is 14.2 Å². The topological polar surface area (TPSA) is 86.0 Å². The fourth-order valence-corrected chi connectivity index (χ4v) is 2.03. The Morgan fingerprint density at radius 3 is 2.57 bits per heavy atom. The highest BCUT2D eigenvalue weighted by atomic mass is 16.5. The molecule has 0 amide bonds. The van der Waals surface area contributed by atoms with Gasteiger partial charge in [-0.05, 0) is 31.2 Å². The van der Waals surface area contributed by atoms with Gasteiger partial charge in [-0.25, -0.2) is 4.79 Å². The number of aryl methyl sites for hydroxylation is 1. The third-order valence-corrected chi connectivity index (χ3v) is 3.16. The molecule has 1 aromatic heterocycles. The molecule has 0 atom stereocenters. The second-order valence-corrected chi connectivity index (χ2v) is 4.71. The molecule has 120 valence electrons. The van der Waals surface area contributed by atoms with E-state index >= 15 is 0 Å². The first kappa shape index (κ1) is 16.4. The molecule has 0 radical (unpaired) electrons. The average Bonchev–Trinajstić information content (AvgIpc) is 2.51. The highest BCUT2D eigenvalue weighted by Crippen LogP contribution is 2.26. The third kappa shape index (κ3) is 3.60. The molecular formula is C17H16O6. The van der Waals surface area contributed by atoms with Gasteiger partial charge in [-0.15, -0.1) is 0 Å². The van der Waals surface area contributed by atoms with Crippen LogP contribution < -0.4 is 15.1 Å². The Kier molecular flexibility index (Phi) is 4.85. The molecule has 0 aliphatic heterocycles. The number of methoxy groups -OCH3 is 2. The summed E-state index contributed by atoms with van der Waals surface area (Å²) in [4.78, 5) is 23.8. The normalized spacial score (nSPS) is 10.7. The number of hydrogen-bond acceptors (Lipinski definition) is 6. The molecule has 2 rings (SSSR count). The SMILES string of the molecule is COc1ccc(/C=C/C(=O)c2c(O)cc(C)oc2=O)c(OC)c1. The Bertz CT molecular complexity index is 816. The molecule has 6 heteroatoms. The van der Waals surface area contributed by atoms with Gasteiger partial charge >= 0.3 is 5.63 Å². The summed E-state index contributed by atoms with van der Waals surface area (Å²) in [5.41, 5.74) is -0.657. The summed E-state index contributed by atoms with van der Waals surface area (Å²) >= 11 is 0. The lowest BCUT2D eigenvalue weighted by Crippen LogP contribution is -2.12. The van der Waals surface area contributed by atoms with Crippen LogP contribution in [-0.2, 0) is 0 Å². The third-order valence-electron chi connectivity index (χ3n) is 3.16.